The third-order valence-corrected chi connectivity index (χ3v) is 6.63. The van der Waals surface area contributed by atoms with Gasteiger partial charge in [-0.2, -0.15) is 8.78 Å². The van der Waals surface area contributed by atoms with Gasteiger partial charge < -0.3 is 19.1 Å². The van der Waals surface area contributed by atoms with E-state index in [4.69, 9.17) is 0 Å². The van der Waals surface area contributed by atoms with E-state index >= 15 is 4.39 Å². The summed E-state index contributed by atoms with van der Waals surface area (Å²) < 4.78 is 47.2. The molecule has 1 aliphatic rings. The van der Waals surface area contributed by atoms with Crippen LogP contribution in [0.4, 0.5) is 19.1 Å². The Hall–Kier alpha value is -4.15. The molecule has 1 fully saturated rings. The number of carbonyl (C=O) groups is 1. The fourth-order valence-electron chi connectivity index (χ4n) is 4.65. The summed E-state index contributed by atoms with van der Waals surface area (Å²) in [6, 6.07) is 7.85. The monoisotopic (exact) mass is 511 g/mol. The van der Waals surface area contributed by atoms with Crippen molar-refractivity contribution in [2.45, 2.75) is 32.8 Å². The number of nitrogens with zero attached hydrogens (tertiary/aromatic N) is 5. The molecule has 4 heterocycles. The Morgan fingerprint density at radius 1 is 1.19 bits per heavy atom. The molecule has 37 heavy (non-hydrogen) atoms. The highest BCUT2D eigenvalue weighted by molar-refractivity contribution is 5.70. The van der Waals surface area contributed by atoms with Crippen LogP contribution in [-0.4, -0.2) is 50.1 Å². The number of halogens is 3. The van der Waals surface area contributed by atoms with Gasteiger partial charge in [0.2, 0.25) is 5.95 Å². The van der Waals surface area contributed by atoms with E-state index < -0.39 is 18.4 Å². The van der Waals surface area contributed by atoms with Gasteiger partial charge in [0, 0.05) is 66.6 Å². The van der Waals surface area contributed by atoms with Crippen LogP contribution in [0.2, 0.25) is 0 Å². The molecule has 0 saturated carbocycles. The molecule has 0 radical (unpaired) electrons. The van der Waals surface area contributed by atoms with Gasteiger partial charge in [0.25, 0.3) is 0 Å². The largest absolute Gasteiger partial charge is 0.481 e. The second kappa shape index (κ2) is 10.1. The second-order valence-corrected chi connectivity index (χ2v) is 8.94. The molecule has 5 rings (SSSR count). The maximum Gasteiger partial charge on any atom is 0.387 e. The molecule has 11 heteroatoms. The van der Waals surface area contributed by atoms with Gasteiger partial charge in [-0.1, -0.05) is 18.2 Å². The molecule has 4 aromatic rings. The summed E-state index contributed by atoms with van der Waals surface area (Å²) in [5.41, 5.74) is 3.01. The van der Waals surface area contributed by atoms with E-state index in [0.29, 0.717) is 60.0 Å². The number of hydrogen-bond acceptors (Lipinski definition) is 6. The summed E-state index contributed by atoms with van der Waals surface area (Å²) in [5.74, 6) is -1.11. The zero-order chi connectivity index (χ0) is 26.1. The Morgan fingerprint density at radius 2 is 1.89 bits per heavy atom. The van der Waals surface area contributed by atoms with Crippen molar-refractivity contribution >= 4 is 17.6 Å². The van der Waals surface area contributed by atoms with Crippen molar-refractivity contribution in [2.75, 3.05) is 18.0 Å². The van der Waals surface area contributed by atoms with Crippen molar-refractivity contribution in [1.29, 1.82) is 0 Å². The summed E-state index contributed by atoms with van der Waals surface area (Å²) in [7, 11) is 0. The van der Waals surface area contributed by atoms with Gasteiger partial charge in [0.15, 0.2) is 0 Å². The fourth-order valence-corrected chi connectivity index (χ4v) is 4.65. The van der Waals surface area contributed by atoms with E-state index in [1.54, 1.807) is 35.7 Å². The summed E-state index contributed by atoms with van der Waals surface area (Å²) >= 11 is 0. The summed E-state index contributed by atoms with van der Waals surface area (Å²) in [6.07, 6.45) is 5.95. The number of aryl methyl sites for hydroxylation is 1. The molecule has 1 N–H and O–H groups in total. The lowest BCUT2D eigenvalue weighted by molar-refractivity contribution is -0.142. The Kier molecular flexibility index (Phi) is 6.68. The number of rotatable bonds is 7. The number of para-hydroxylation sites is 1. The van der Waals surface area contributed by atoms with Crippen molar-refractivity contribution in [3.05, 3.63) is 71.7 Å². The molecule has 1 saturated heterocycles. The first-order valence-corrected chi connectivity index (χ1v) is 11.8. The molecule has 1 aromatic carbocycles. The number of piperidine rings is 1. The Labute approximate surface area is 210 Å². The van der Waals surface area contributed by atoms with Crippen LogP contribution in [0.5, 0.6) is 5.75 Å². The first-order valence-electron chi connectivity index (χ1n) is 11.8. The summed E-state index contributed by atoms with van der Waals surface area (Å²) in [4.78, 5) is 26.3. The number of ether oxygens (including phenoxy) is 1. The van der Waals surface area contributed by atoms with Gasteiger partial charge >= 0.3 is 12.6 Å². The minimum absolute atomic E-state index is 0.0746. The van der Waals surface area contributed by atoms with Crippen LogP contribution in [-0.2, 0) is 11.2 Å². The molecule has 0 amide bonds. The van der Waals surface area contributed by atoms with Crippen LogP contribution in [0.1, 0.15) is 29.8 Å². The average Bonchev–Trinajstić information content (AvgIpc) is 3.18. The number of alkyl halides is 2. The first-order chi connectivity index (χ1) is 17.8. The predicted molar refractivity (Wildman–Crippen MR) is 129 cm³/mol. The van der Waals surface area contributed by atoms with Gasteiger partial charge in [0.05, 0.1) is 11.6 Å². The third kappa shape index (κ3) is 5.07. The van der Waals surface area contributed by atoms with Crippen molar-refractivity contribution < 1.29 is 27.8 Å². The smallest absolute Gasteiger partial charge is 0.387 e. The van der Waals surface area contributed by atoms with Crippen LogP contribution in [0, 0.1) is 18.7 Å². The molecule has 1 aliphatic heterocycles. The number of imidazole rings is 1. The second-order valence-electron chi connectivity index (χ2n) is 8.94. The van der Waals surface area contributed by atoms with Crippen molar-refractivity contribution in [1.82, 2.24) is 19.4 Å². The highest BCUT2D eigenvalue weighted by Crippen LogP contribution is 2.29. The van der Waals surface area contributed by atoms with Gasteiger partial charge in [-0.15, -0.1) is 0 Å². The molecule has 0 aliphatic carbocycles. The SMILES string of the molecule is Cc1nc2cc(F)c(-c3cnc(N4CCC(C(=O)O)CC4)nc3)cn2c1Cc1ccccc1OC(F)F. The van der Waals surface area contributed by atoms with Gasteiger partial charge in [-0.25, -0.2) is 19.3 Å². The molecule has 192 valence electrons. The first kappa shape index (κ1) is 24.5. The zero-order valence-electron chi connectivity index (χ0n) is 19.9. The van der Waals surface area contributed by atoms with E-state index in [-0.39, 0.29) is 23.7 Å². The van der Waals surface area contributed by atoms with Crippen LogP contribution >= 0.6 is 0 Å². The van der Waals surface area contributed by atoms with Gasteiger partial charge in [-0.05, 0) is 25.8 Å². The maximum atomic E-state index is 15.1. The van der Waals surface area contributed by atoms with Crippen molar-refractivity contribution in [2.24, 2.45) is 5.92 Å². The lowest BCUT2D eigenvalue weighted by atomic mass is 9.97. The molecule has 8 nitrogen and oxygen atoms in total. The van der Waals surface area contributed by atoms with Crippen molar-refractivity contribution in [3.63, 3.8) is 0 Å². The molecule has 0 spiro atoms. The number of pyridine rings is 1. The average molecular weight is 512 g/mol. The molecule has 3 aromatic heterocycles. The highest BCUT2D eigenvalue weighted by atomic mass is 19.3. The lowest BCUT2D eigenvalue weighted by Crippen LogP contribution is -2.37. The molecule has 0 bridgehead atoms. The van der Waals surface area contributed by atoms with E-state index in [0.717, 1.165) is 0 Å². The Morgan fingerprint density at radius 3 is 2.57 bits per heavy atom. The lowest BCUT2D eigenvalue weighted by Gasteiger charge is -2.30. The summed E-state index contributed by atoms with van der Waals surface area (Å²) in [6.45, 7) is -0.102. The van der Waals surface area contributed by atoms with E-state index in [1.165, 1.54) is 24.5 Å². The fraction of sp³-hybridized carbons (Fsp3) is 0.308. The van der Waals surface area contributed by atoms with Crippen LogP contribution in [0.15, 0.2) is 48.9 Å². The highest BCUT2D eigenvalue weighted by Gasteiger charge is 2.26. The molecular formula is C26H24F3N5O3. The minimum Gasteiger partial charge on any atom is -0.481 e. The number of carboxylic acids is 1. The number of anilines is 1. The van der Waals surface area contributed by atoms with Crippen LogP contribution in [0.3, 0.4) is 0 Å². The number of aromatic nitrogens is 4. The quantitative estimate of drug-likeness (QED) is 0.383. The summed E-state index contributed by atoms with van der Waals surface area (Å²) in [5, 5.41) is 9.18. The number of carboxylic acid groups (broad SMARTS) is 1. The van der Waals surface area contributed by atoms with Crippen LogP contribution < -0.4 is 9.64 Å². The van der Waals surface area contributed by atoms with Gasteiger partial charge in [0.1, 0.15) is 17.2 Å². The molecule has 0 unspecified atom stereocenters. The maximum absolute atomic E-state index is 15.1. The van der Waals surface area contributed by atoms with Gasteiger partial charge in [-0.3, -0.25) is 4.79 Å². The standard InChI is InChI=1S/C26H24F3N5O3/c1-15-21(10-17-4-2-3-5-22(17)37-25(28)29)34-14-19(20(27)11-23(34)32-15)18-12-30-26(31-13-18)33-8-6-16(7-9-33)24(35)36/h2-5,11-14,16,25H,6-10H2,1H3,(H,35,36). The normalized spacial score (nSPS) is 14.5. The number of benzene rings is 1. The number of fused-ring (bicyclic) bond motifs is 1. The van der Waals surface area contributed by atoms with E-state index in [2.05, 4.69) is 19.7 Å². The molecule has 0 atom stereocenters. The molecular weight excluding hydrogens is 487 g/mol. The number of hydrogen-bond donors (Lipinski definition) is 1. The Bertz CT molecular complexity index is 1430. The predicted octanol–water partition coefficient (Wildman–Crippen LogP) is 4.73. The third-order valence-electron chi connectivity index (χ3n) is 6.63. The van der Waals surface area contributed by atoms with Crippen LogP contribution in [0.25, 0.3) is 16.8 Å². The minimum atomic E-state index is -2.95. The van der Waals surface area contributed by atoms with E-state index in [9.17, 15) is 18.7 Å². The number of aliphatic carboxylic acids is 1. The topological polar surface area (TPSA) is 92.9 Å². The Balaban J connectivity index is 1.43. The van der Waals surface area contributed by atoms with E-state index in [1.807, 2.05) is 4.90 Å². The van der Waals surface area contributed by atoms with Crippen molar-refractivity contribution in [3.8, 4) is 16.9 Å². The zero-order valence-corrected chi connectivity index (χ0v) is 19.9.